The van der Waals surface area contributed by atoms with Gasteiger partial charge in [0, 0.05) is 17.6 Å². The zero-order chi connectivity index (χ0) is 27.2. The summed E-state index contributed by atoms with van der Waals surface area (Å²) in [7, 11) is -4.33. The van der Waals surface area contributed by atoms with E-state index in [9.17, 15) is 22.4 Å². The number of nitrogens with zero attached hydrogens (tertiary/aromatic N) is 2. The number of halogens is 2. The Morgan fingerprint density at radius 2 is 1.59 bits per heavy atom. The van der Waals surface area contributed by atoms with E-state index in [1.165, 1.54) is 47.4 Å². The average molecular weight is 546 g/mol. The molecule has 0 saturated carbocycles. The number of amides is 2. The highest BCUT2D eigenvalue weighted by atomic mass is 35.5. The molecule has 1 N–H and O–H groups in total. The minimum absolute atomic E-state index is 0.0113. The minimum atomic E-state index is -4.33. The Morgan fingerprint density at radius 3 is 2.22 bits per heavy atom. The maximum atomic E-state index is 14.8. The molecule has 3 rings (SSSR count). The highest BCUT2D eigenvalue weighted by molar-refractivity contribution is 7.92. The van der Waals surface area contributed by atoms with Gasteiger partial charge in [0.1, 0.15) is 18.4 Å². The Balaban J connectivity index is 2.03. The van der Waals surface area contributed by atoms with E-state index in [2.05, 4.69) is 5.32 Å². The van der Waals surface area contributed by atoms with E-state index in [-0.39, 0.29) is 23.2 Å². The molecule has 0 aliphatic carbocycles. The van der Waals surface area contributed by atoms with Crippen molar-refractivity contribution in [2.24, 2.45) is 0 Å². The molecule has 196 valence electrons. The monoisotopic (exact) mass is 545 g/mol. The lowest BCUT2D eigenvalue weighted by Gasteiger charge is -2.32. The molecule has 0 aliphatic rings. The van der Waals surface area contributed by atoms with Crippen molar-refractivity contribution in [1.29, 1.82) is 0 Å². The summed E-state index contributed by atoms with van der Waals surface area (Å²) in [6.07, 6.45) is 0. The average Bonchev–Trinajstić information content (AvgIpc) is 2.86. The van der Waals surface area contributed by atoms with Gasteiger partial charge in [-0.3, -0.25) is 13.9 Å². The van der Waals surface area contributed by atoms with E-state index in [0.717, 1.165) is 10.4 Å². The zero-order valence-corrected chi connectivity index (χ0v) is 22.3. The third kappa shape index (κ3) is 7.08. The van der Waals surface area contributed by atoms with Gasteiger partial charge in [0.15, 0.2) is 0 Å². The standard InChI is InChI=1S/C27H29ClFN3O4S/c1-19(2)30-27(34)20(3)31(17-21-10-9-11-22(28)16-21)26(33)18-32(25-15-8-7-14-24(25)29)37(35,36)23-12-5-4-6-13-23/h4-16,19-20H,17-18H2,1-3H3,(H,30,34)/t20-/m0/s1. The smallest absolute Gasteiger partial charge is 0.264 e. The van der Waals surface area contributed by atoms with Crippen molar-refractivity contribution >= 4 is 39.1 Å². The summed E-state index contributed by atoms with van der Waals surface area (Å²) in [6.45, 7) is 4.40. The fraction of sp³-hybridized carbons (Fsp3) is 0.259. The first kappa shape index (κ1) is 28.1. The van der Waals surface area contributed by atoms with Crippen molar-refractivity contribution in [1.82, 2.24) is 10.2 Å². The molecular formula is C27H29ClFN3O4S. The van der Waals surface area contributed by atoms with Crippen LogP contribution in [-0.2, 0) is 26.2 Å². The lowest BCUT2D eigenvalue weighted by molar-refractivity contribution is -0.139. The first-order valence-corrected chi connectivity index (χ1v) is 13.5. The first-order valence-electron chi connectivity index (χ1n) is 11.7. The van der Waals surface area contributed by atoms with Crippen LogP contribution in [0.2, 0.25) is 5.02 Å². The maximum absolute atomic E-state index is 14.8. The summed E-state index contributed by atoms with van der Waals surface area (Å²) in [5.41, 5.74) is 0.370. The van der Waals surface area contributed by atoms with Crippen molar-refractivity contribution in [2.75, 3.05) is 10.8 Å². The van der Waals surface area contributed by atoms with Crippen molar-refractivity contribution in [3.63, 3.8) is 0 Å². The number of rotatable bonds is 10. The molecule has 10 heteroatoms. The van der Waals surface area contributed by atoms with Crippen LogP contribution < -0.4 is 9.62 Å². The van der Waals surface area contributed by atoms with Crippen LogP contribution in [0.3, 0.4) is 0 Å². The van der Waals surface area contributed by atoms with Gasteiger partial charge >= 0.3 is 0 Å². The SMILES string of the molecule is CC(C)NC(=O)[C@H](C)N(Cc1cccc(Cl)c1)C(=O)CN(c1ccccc1F)S(=O)(=O)c1ccccc1. The summed E-state index contributed by atoms with van der Waals surface area (Å²) in [5, 5.41) is 3.22. The second-order valence-corrected chi connectivity index (χ2v) is 11.1. The number of hydrogen-bond donors (Lipinski definition) is 1. The highest BCUT2D eigenvalue weighted by Crippen LogP contribution is 2.27. The van der Waals surface area contributed by atoms with E-state index >= 15 is 0 Å². The molecule has 0 unspecified atom stereocenters. The van der Waals surface area contributed by atoms with Crippen LogP contribution in [0.5, 0.6) is 0 Å². The van der Waals surface area contributed by atoms with Crippen LogP contribution >= 0.6 is 11.6 Å². The van der Waals surface area contributed by atoms with Crippen LogP contribution in [0.1, 0.15) is 26.3 Å². The molecule has 0 aromatic heterocycles. The number of benzene rings is 3. The van der Waals surface area contributed by atoms with Crippen molar-refractivity contribution in [3.05, 3.63) is 95.3 Å². The molecule has 0 bridgehead atoms. The zero-order valence-electron chi connectivity index (χ0n) is 20.8. The van der Waals surface area contributed by atoms with Gasteiger partial charge in [-0.15, -0.1) is 0 Å². The summed E-state index contributed by atoms with van der Waals surface area (Å²) >= 11 is 6.12. The Morgan fingerprint density at radius 1 is 0.946 bits per heavy atom. The molecule has 3 aromatic rings. The lowest BCUT2D eigenvalue weighted by atomic mass is 10.1. The van der Waals surface area contributed by atoms with Crippen molar-refractivity contribution in [2.45, 2.75) is 44.3 Å². The number of carbonyl (C=O) groups is 2. The quantitative estimate of drug-likeness (QED) is 0.403. The molecule has 1 atom stereocenters. The molecular weight excluding hydrogens is 517 g/mol. The Hall–Kier alpha value is -3.43. The summed E-state index contributed by atoms with van der Waals surface area (Å²) in [5.74, 6) is -1.90. The molecule has 7 nitrogen and oxygen atoms in total. The van der Waals surface area contributed by atoms with Gasteiger partial charge in [0.2, 0.25) is 11.8 Å². The van der Waals surface area contributed by atoms with Gasteiger partial charge in [-0.1, -0.05) is 54.1 Å². The van der Waals surface area contributed by atoms with Gasteiger partial charge in [0.25, 0.3) is 10.0 Å². The van der Waals surface area contributed by atoms with Crippen LogP contribution in [0.15, 0.2) is 83.8 Å². The van der Waals surface area contributed by atoms with Gasteiger partial charge in [-0.25, -0.2) is 12.8 Å². The predicted octanol–water partition coefficient (Wildman–Crippen LogP) is 4.62. The number of para-hydroxylation sites is 1. The number of anilines is 1. The topological polar surface area (TPSA) is 86.8 Å². The Labute approximate surface area is 221 Å². The predicted molar refractivity (Wildman–Crippen MR) is 142 cm³/mol. The van der Waals surface area contributed by atoms with Crippen LogP contribution in [0.25, 0.3) is 0 Å². The number of carbonyl (C=O) groups excluding carboxylic acids is 2. The number of nitrogens with one attached hydrogen (secondary N) is 1. The van der Waals surface area contributed by atoms with Crippen molar-refractivity contribution < 1.29 is 22.4 Å². The third-order valence-electron chi connectivity index (χ3n) is 5.57. The van der Waals surface area contributed by atoms with Gasteiger partial charge in [-0.05, 0) is 62.7 Å². The largest absolute Gasteiger partial charge is 0.352 e. The molecule has 0 saturated heterocycles. The Bertz CT molecular complexity index is 1350. The minimum Gasteiger partial charge on any atom is -0.352 e. The van der Waals surface area contributed by atoms with Gasteiger partial charge < -0.3 is 10.2 Å². The molecule has 0 radical (unpaired) electrons. The Kier molecular flexibility index (Phi) is 9.29. The second kappa shape index (κ2) is 12.2. The van der Waals surface area contributed by atoms with Crippen molar-refractivity contribution in [3.8, 4) is 0 Å². The fourth-order valence-corrected chi connectivity index (χ4v) is 5.36. The lowest BCUT2D eigenvalue weighted by Crippen LogP contribution is -2.52. The summed E-state index contributed by atoms with van der Waals surface area (Å²) in [4.78, 5) is 27.7. The van der Waals surface area contributed by atoms with E-state index in [4.69, 9.17) is 11.6 Å². The van der Waals surface area contributed by atoms with E-state index in [0.29, 0.717) is 10.6 Å². The van der Waals surface area contributed by atoms with Crippen LogP contribution in [0.4, 0.5) is 10.1 Å². The summed E-state index contributed by atoms with van der Waals surface area (Å²) in [6, 6.07) is 18.5. The van der Waals surface area contributed by atoms with Gasteiger partial charge in [0.05, 0.1) is 10.6 Å². The van der Waals surface area contributed by atoms with Crippen LogP contribution in [0, 0.1) is 5.82 Å². The third-order valence-corrected chi connectivity index (χ3v) is 7.58. The molecule has 37 heavy (non-hydrogen) atoms. The van der Waals surface area contributed by atoms with E-state index < -0.39 is 40.2 Å². The van der Waals surface area contributed by atoms with Crippen LogP contribution in [-0.4, -0.2) is 43.8 Å². The molecule has 0 heterocycles. The first-order chi connectivity index (χ1) is 17.5. The maximum Gasteiger partial charge on any atom is 0.264 e. The molecule has 0 aliphatic heterocycles. The molecule has 0 fully saturated rings. The van der Waals surface area contributed by atoms with Gasteiger partial charge in [-0.2, -0.15) is 0 Å². The molecule has 0 spiro atoms. The fourth-order valence-electron chi connectivity index (χ4n) is 3.71. The molecule has 2 amide bonds. The van der Waals surface area contributed by atoms with E-state index in [1.54, 1.807) is 51.1 Å². The highest BCUT2D eigenvalue weighted by Gasteiger charge is 2.33. The summed E-state index contributed by atoms with van der Waals surface area (Å²) < 4.78 is 42.8. The normalized spacial score (nSPS) is 12.2. The van der Waals surface area contributed by atoms with E-state index in [1.807, 2.05) is 0 Å². The number of sulfonamides is 1. The second-order valence-electron chi connectivity index (χ2n) is 8.77. The number of hydrogen-bond acceptors (Lipinski definition) is 4. The molecule has 3 aromatic carbocycles.